The van der Waals surface area contributed by atoms with Crippen molar-refractivity contribution in [3.8, 4) is 0 Å². The molecule has 0 saturated carbocycles. The maximum Gasteiger partial charge on any atom is 0.418 e. The van der Waals surface area contributed by atoms with E-state index in [4.69, 9.17) is 0 Å². The Hall–Kier alpha value is -1.72. The summed E-state index contributed by atoms with van der Waals surface area (Å²) in [6.07, 6.45) is -4.50. The highest BCUT2D eigenvalue weighted by Crippen LogP contribution is 2.25. The second-order valence-electron chi connectivity index (χ2n) is 2.68. The van der Waals surface area contributed by atoms with Crippen LogP contribution < -0.4 is 10.7 Å². The number of urea groups is 1. The fourth-order valence-corrected chi connectivity index (χ4v) is 1.19. The van der Waals surface area contributed by atoms with E-state index in [1.54, 1.807) is 0 Å². The van der Waals surface area contributed by atoms with Gasteiger partial charge < -0.3 is 0 Å². The van der Waals surface area contributed by atoms with Crippen molar-refractivity contribution in [2.24, 2.45) is 9.98 Å². The fraction of sp³-hybridized carbons (Fsp3) is 0.125. The Kier molecular flexibility index (Phi) is 1.67. The van der Waals surface area contributed by atoms with Crippen molar-refractivity contribution in [2.75, 3.05) is 0 Å². The van der Waals surface area contributed by atoms with Crippen molar-refractivity contribution in [3.63, 3.8) is 0 Å². The zero-order chi connectivity index (χ0) is 10.3. The van der Waals surface area contributed by atoms with Gasteiger partial charge in [0.05, 0.1) is 10.9 Å². The van der Waals surface area contributed by atoms with Crippen LogP contribution >= 0.6 is 0 Å². The van der Waals surface area contributed by atoms with Crippen LogP contribution in [0.15, 0.2) is 28.2 Å². The van der Waals surface area contributed by atoms with Gasteiger partial charge in [-0.25, -0.2) is 4.79 Å². The third kappa shape index (κ3) is 1.28. The van der Waals surface area contributed by atoms with E-state index in [-0.39, 0.29) is 10.7 Å². The van der Waals surface area contributed by atoms with E-state index in [1.165, 1.54) is 12.1 Å². The smallest absolute Gasteiger partial charge is 0.244 e. The molecule has 1 aliphatic rings. The number of carbonyl (C=O) groups is 1. The van der Waals surface area contributed by atoms with Crippen molar-refractivity contribution in [2.45, 2.75) is 6.18 Å². The molecule has 2 rings (SSSR count). The number of benzene rings is 1. The second-order valence-corrected chi connectivity index (χ2v) is 2.68. The third-order valence-electron chi connectivity index (χ3n) is 1.74. The number of amides is 2. The zero-order valence-electron chi connectivity index (χ0n) is 6.67. The summed E-state index contributed by atoms with van der Waals surface area (Å²) in [5, 5.41) is -0.408. The van der Waals surface area contributed by atoms with E-state index in [1.807, 2.05) is 0 Å². The van der Waals surface area contributed by atoms with Gasteiger partial charge in [0, 0.05) is 0 Å². The maximum absolute atomic E-state index is 12.4. The number of fused-ring (bicyclic) bond motifs is 1. The largest absolute Gasteiger partial charge is 0.418 e. The predicted octanol–water partition coefficient (Wildman–Crippen LogP) is 1.08. The standard InChI is InChI=1S/C8H3F3N2O/c9-8(10,11)4-2-1-3-5-6(4)13-7(14)12-5/h1-3H. The number of hydrogen-bond donors (Lipinski definition) is 0. The minimum atomic E-state index is -4.50. The van der Waals surface area contributed by atoms with Crippen LogP contribution in [0.2, 0.25) is 0 Å². The molecule has 0 radical (unpaired) electrons. The molecule has 1 heterocycles. The summed E-state index contributed by atoms with van der Waals surface area (Å²) < 4.78 is 37.1. The van der Waals surface area contributed by atoms with Crippen LogP contribution in [0, 0.1) is 0 Å². The first-order chi connectivity index (χ1) is 6.48. The maximum atomic E-state index is 12.4. The Labute approximate surface area is 75.6 Å². The average molecular weight is 200 g/mol. The molecule has 0 aliphatic carbocycles. The van der Waals surface area contributed by atoms with Gasteiger partial charge in [0.2, 0.25) is 0 Å². The molecule has 0 spiro atoms. The Morgan fingerprint density at radius 2 is 1.86 bits per heavy atom. The summed E-state index contributed by atoms with van der Waals surface area (Å²) >= 11 is 0. The number of rotatable bonds is 0. The summed E-state index contributed by atoms with van der Waals surface area (Å²) in [5.41, 5.74) is -0.926. The summed E-state index contributed by atoms with van der Waals surface area (Å²) in [6.45, 7) is 0. The van der Waals surface area contributed by atoms with Crippen molar-refractivity contribution in [1.29, 1.82) is 0 Å². The Morgan fingerprint density at radius 1 is 1.14 bits per heavy atom. The summed E-state index contributed by atoms with van der Waals surface area (Å²) in [6, 6.07) is 2.49. The Balaban J connectivity index is 2.82. The minimum absolute atomic E-state index is 0.0233. The van der Waals surface area contributed by atoms with Crippen molar-refractivity contribution >= 4 is 6.03 Å². The minimum Gasteiger partial charge on any atom is -0.244 e. The molecule has 0 N–H and O–H groups in total. The quantitative estimate of drug-likeness (QED) is 0.617. The molecular weight excluding hydrogens is 197 g/mol. The first kappa shape index (κ1) is 8.86. The Morgan fingerprint density at radius 3 is 2.50 bits per heavy atom. The molecule has 1 aliphatic heterocycles. The molecule has 0 unspecified atom stereocenters. The van der Waals surface area contributed by atoms with Crippen molar-refractivity contribution in [3.05, 3.63) is 34.5 Å². The van der Waals surface area contributed by atoms with Crippen LogP contribution in [-0.4, -0.2) is 6.03 Å². The van der Waals surface area contributed by atoms with E-state index in [0.717, 1.165) is 6.07 Å². The zero-order valence-corrected chi connectivity index (χ0v) is 6.67. The van der Waals surface area contributed by atoms with E-state index >= 15 is 0 Å². The lowest BCUT2D eigenvalue weighted by Crippen LogP contribution is -2.30. The van der Waals surface area contributed by atoms with Gasteiger partial charge in [0.25, 0.3) is 0 Å². The summed E-state index contributed by atoms with van der Waals surface area (Å²) in [5.74, 6) is 0. The van der Waals surface area contributed by atoms with Gasteiger partial charge in [-0.1, -0.05) is 6.07 Å². The molecule has 14 heavy (non-hydrogen) atoms. The number of nitrogens with zero attached hydrogens (tertiary/aromatic N) is 2. The third-order valence-corrected chi connectivity index (χ3v) is 1.74. The number of halogens is 3. The molecule has 6 heteroatoms. The van der Waals surface area contributed by atoms with Gasteiger partial charge in [-0.3, -0.25) is 0 Å². The van der Waals surface area contributed by atoms with E-state index < -0.39 is 17.8 Å². The highest BCUT2D eigenvalue weighted by Gasteiger charge is 2.33. The fourth-order valence-electron chi connectivity index (χ4n) is 1.19. The molecule has 0 aromatic heterocycles. The highest BCUT2D eigenvalue weighted by atomic mass is 19.4. The lowest BCUT2D eigenvalue weighted by molar-refractivity contribution is -0.138. The molecule has 1 aromatic rings. The normalized spacial score (nSPS) is 14.6. The van der Waals surface area contributed by atoms with Crippen LogP contribution in [0.5, 0.6) is 0 Å². The van der Waals surface area contributed by atoms with Crippen molar-refractivity contribution in [1.82, 2.24) is 0 Å². The first-order valence-corrected chi connectivity index (χ1v) is 3.66. The van der Waals surface area contributed by atoms with E-state index in [0.29, 0.717) is 0 Å². The van der Waals surface area contributed by atoms with Gasteiger partial charge in [-0.15, -0.1) is 0 Å². The van der Waals surface area contributed by atoms with E-state index in [2.05, 4.69) is 9.98 Å². The highest BCUT2D eigenvalue weighted by molar-refractivity contribution is 5.77. The average Bonchev–Trinajstić information content (AvgIpc) is 2.41. The number of alkyl halides is 3. The first-order valence-electron chi connectivity index (χ1n) is 3.66. The van der Waals surface area contributed by atoms with Gasteiger partial charge in [0.15, 0.2) is 0 Å². The van der Waals surface area contributed by atoms with Crippen LogP contribution in [0.25, 0.3) is 0 Å². The topological polar surface area (TPSA) is 41.8 Å². The summed E-state index contributed by atoms with van der Waals surface area (Å²) in [7, 11) is 0. The van der Waals surface area contributed by atoms with Crippen LogP contribution in [0.4, 0.5) is 18.0 Å². The monoisotopic (exact) mass is 200 g/mol. The molecule has 72 valence electrons. The van der Waals surface area contributed by atoms with Gasteiger partial charge >= 0.3 is 12.2 Å². The Bertz CT molecular complexity index is 518. The number of carbonyl (C=O) groups excluding carboxylic acids is 1. The van der Waals surface area contributed by atoms with Gasteiger partial charge in [0.1, 0.15) is 5.36 Å². The molecular formula is C8H3F3N2O. The van der Waals surface area contributed by atoms with Gasteiger partial charge in [-0.05, 0) is 12.1 Å². The number of hydrogen-bond acceptors (Lipinski definition) is 1. The van der Waals surface area contributed by atoms with E-state index in [9.17, 15) is 18.0 Å². The molecule has 2 amide bonds. The van der Waals surface area contributed by atoms with Crippen LogP contribution in [-0.2, 0) is 6.18 Å². The predicted molar refractivity (Wildman–Crippen MR) is 39.2 cm³/mol. The molecule has 0 fully saturated rings. The van der Waals surface area contributed by atoms with Gasteiger partial charge in [-0.2, -0.15) is 23.2 Å². The molecule has 1 aromatic carbocycles. The molecule has 0 saturated heterocycles. The lowest BCUT2D eigenvalue weighted by Gasteiger charge is -2.04. The number of para-hydroxylation sites is 1. The van der Waals surface area contributed by atoms with Crippen LogP contribution in [0.1, 0.15) is 5.56 Å². The van der Waals surface area contributed by atoms with Crippen LogP contribution in [0.3, 0.4) is 0 Å². The molecule has 3 nitrogen and oxygen atoms in total. The molecule has 0 atom stereocenters. The lowest BCUT2D eigenvalue weighted by atomic mass is 10.2. The van der Waals surface area contributed by atoms with Crippen molar-refractivity contribution < 1.29 is 18.0 Å². The molecule has 0 bridgehead atoms. The second kappa shape index (κ2) is 2.63. The SMILES string of the molecule is O=C1N=c2cccc(C(F)(F)F)c2=N1. The summed E-state index contributed by atoms with van der Waals surface area (Å²) in [4.78, 5) is 17.2.